The van der Waals surface area contributed by atoms with Crippen LogP contribution in [0.2, 0.25) is 0 Å². The van der Waals surface area contributed by atoms with Gasteiger partial charge in [-0.1, -0.05) is 48.2 Å². The zero-order valence-corrected chi connectivity index (χ0v) is 17.7. The Hall–Kier alpha value is -2.13. The van der Waals surface area contributed by atoms with E-state index >= 15 is 0 Å². The first kappa shape index (κ1) is 20.2. The molecule has 2 heterocycles. The third-order valence-corrected chi connectivity index (χ3v) is 8.14. The summed E-state index contributed by atoms with van der Waals surface area (Å²) in [6, 6.07) is 9.88. The SMILES string of the molecule is C=CCn1c(S[C@H](C(=O)NC2CC2)c2ccccc2)nnc1[C@H]1CCS(=O)(=O)C1. The third kappa shape index (κ3) is 4.72. The van der Waals surface area contributed by atoms with Crippen LogP contribution in [0.25, 0.3) is 0 Å². The molecular weight excluding hydrogens is 408 g/mol. The highest BCUT2D eigenvalue weighted by Crippen LogP contribution is 2.37. The zero-order chi connectivity index (χ0) is 20.4. The lowest BCUT2D eigenvalue weighted by Crippen LogP contribution is -2.30. The van der Waals surface area contributed by atoms with Crippen molar-refractivity contribution in [2.24, 2.45) is 0 Å². The molecule has 2 aromatic rings. The van der Waals surface area contributed by atoms with Crippen molar-refractivity contribution in [3.05, 3.63) is 54.4 Å². The van der Waals surface area contributed by atoms with Crippen molar-refractivity contribution in [1.29, 1.82) is 0 Å². The largest absolute Gasteiger partial charge is 0.352 e. The second-order valence-corrected chi connectivity index (χ2v) is 10.8. The van der Waals surface area contributed by atoms with Gasteiger partial charge in [0.2, 0.25) is 5.91 Å². The number of thioether (sulfide) groups is 1. The number of nitrogens with zero attached hydrogens (tertiary/aromatic N) is 3. The number of amides is 1. The summed E-state index contributed by atoms with van der Waals surface area (Å²) >= 11 is 1.35. The minimum absolute atomic E-state index is 0.0400. The predicted molar refractivity (Wildman–Crippen MR) is 112 cm³/mol. The van der Waals surface area contributed by atoms with Crippen molar-refractivity contribution in [2.75, 3.05) is 11.5 Å². The van der Waals surface area contributed by atoms with Crippen molar-refractivity contribution in [3.8, 4) is 0 Å². The monoisotopic (exact) mass is 432 g/mol. The van der Waals surface area contributed by atoms with Crippen molar-refractivity contribution in [2.45, 2.75) is 48.2 Å². The molecule has 2 fully saturated rings. The fraction of sp³-hybridized carbons (Fsp3) is 0.450. The van der Waals surface area contributed by atoms with Gasteiger partial charge in [-0.3, -0.25) is 4.79 Å². The van der Waals surface area contributed by atoms with Crippen molar-refractivity contribution < 1.29 is 13.2 Å². The van der Waals surface area contributed by atoms with Gasteiger partial charge in [0.1, 0.15) is 11.1 Å². The second-order valence-electron chi connectivity index (χ2n) is 7.53. The number of allylic oxidation sites excluding steroid dienone is 1. The molecule has 1 amide bonds. The fourth-order valence-electron chi connectivity index (χ4n) is 3.50. The van der Waals surface area contributed by atoms with Crippen LogP contribution < -0.4 is 5.32 Å². The minimum atomic E-state index is -3.03. The Labute approximate surface area is 174 Å². The number of nitrogens with one attached hydrogen (secondary N) is 1. The molecule has 1 aromatic heterocycles. The molecule has 1 N–H and O–H groups in total. The van der Waals surface area contributed by atoms with E-state index in [0.717, 1.165) is 18.4 Å². The standard InChI is InChI=1S/C20H24N4O3S2/c1-2-11-24-18(15-10-12-29(26,27)13-15)22-23-20(24)28-17(14-6-4-3-5-7-14)19(25)21-16-8-9-16/h2-7,15-17H,1,8-13H2,(H,21,25)/t15-,17-/m0/s1. The summed E-state index contributed by atoms with van der Waals surface area (Å²) in [6.45, 7) is 4.28. The van der Waals surface area contributed by atoms with Crippen molar-refractivity contribution >= 4 is 27.5 Å². The van der Waals surface area contributed by atoms with Gasteiger partial charge in [-0.25, -0.2) is 8.42 Å². The quantitative estimate of drug-likeness (QED) is 0.509. The molecule has 0 spiro atoms. The molecule has 4 rings (SSSR count). The summed E-state index contributed by atoms with van der Waals surface area (Å²) in [5, 5.41) is 11.9. The highest BCUT2D eigenvalue weighted by atomic mass is 32.2. The number of aromatic nitrogens is 3. The van der Waals surface area contributed by atoms with Crippen LogP contribution in [-0.2, 0) is 21.2 Å². The molecule has 7 nitrogen and oxygen atoms in total. The van der Waals surface area contributed by atoms with Gasteiger partial charge in [0.05, 0.1) is 11.5 Å². The van der Waals surface area contributed by atoms with E-state index in [1.165, 1.54) is 11.8 Å². The smallest absolute Gasteiger partial charge is 0.238 e. The van der Waals surface area contributed by atoms with E-state index in [4.69, 9.17) is 0 Å². The lowest BCUT2D eigenvalue weighted by atomic mass is 10.1. The average Bonchev–Trinajstić information content (AvgIpc) is 3.32. The van der Waals surface area contributed by atoms with E-state index in [1.54, 1.807) is 6.08 Å². The van der Waals surface area contributed by atoms with E-state index in [0.29, 0.717) is 23.9 Å². The molecule has 1 aliphatic carbocycles. The van der Waals surface area contributed by atoms with Gasteiger partial charge in [0, 0.05) is 18.5 Å². The van der Waals surface area contributed by atoms with Crippen LogP contribution in [0, 0.1) is 0 Å². The first-order valence-corrected chi connectivity index (χ1v) is 12.4. The van der Waals surface area contributed by atoms with Crippen LogP contribution >= 0.6 is 11.8 Å². The zero-order valence-electron chi connectivity index (χ0n) is 16.0. The van der Waals surface area contributed by atoms with Gasteiger partial charge in [-0.2, -0.15) is 0 Å². The Morgan fingerprint density at radius 3 is 2.66 bits per heavy atom. The highest BCUT2D eigenvalue weighted by molar-refractivity contribution is 8.00. The molecule has 1 saturated heterocycles. The summed E-state index contributed by atoms with van der Waals surface area (Å²) in [4.78, 5) is 12.9. The molecule has 2 aliphatic rings. The number of hydrogen-bond acceptors (Lipinski definition) is 6. The first-order chi connectivity index (χ1) is 14.0. The van der Waals surface area contributed by atoms with Gasteiger partial charge in [0.15, 0.2) is 15.0 Å². The number of hydrogen-bond donors (Lipinski definition) is 1. The number of carbonyl (C=O) groups excluding carboxylic acids is 1. The normalized spacial score (nSPS) is 21.6. The van der Waals surface area contributed by atoms with E-state index in [1.807, 2.05) is 34.9 Å². The minimum Gasteiger partial charge on any atom is -0.352 e. The first-order valence-electron chi connectivity index (χ1n) is 9.73. The van der Waals surface area contributed by atoms with Crippen LogP contribution in [0.3, 0.4) is 0 Å². The van der Waals surface area contributed by atoms with Gasteiger partial charge >= 0.3 is 0 Å². The van der Waals surface area contributed by atoms with E-state index in [2.05, 4.69) is 22.1 Å². The molecule has 1 aliphatic heterocycles. The van der Waals surface area contributed by atoms with Crippen molar-refractivity contribution in [3.63, 3.8) is 0 Å². The van der Waals surface area contributed by atoms with Crippen LogP contribution in [-0.4, -0.2) is 46.6 Å². The van der Waals surface area contributed by atoms with Crippen molar-refractivity contribution in [1.82, 2.24) is 20.1 Å². The molecule has 0 bridgehead atoms. The Morgan fingerprint density at radius 1 is 1.28 bits per heavy atom. The average molecular weight is 433 g/mol. The lowest BCUT2D eigenvalue weighted by molar-refractivity contribution is -0.120. The van der Waals surface area contributed by atoms with Crippen LogP contribution in [0.15, 0.2) is 48.1 Å². The molecular formula is C20H24N4O3S2. The summed E-state index contributed by atoms with van der Waals surface area (Å²) in [5.41, 5.74) is 0.897. The Morgan fingerprint density at radius 2 is 2.03 bits per heavy atom. The highest BCUT2D eigenvalue weighted by Gasteiger charge is 2.35. The summed E-state index contributed by atoms with van der Waals surface area (Å²) < 4.78 is 25.7. The molecule has 0 radical (unpaired) electrons. The van der Waals surface area contributed by atoms with Crippen LogP contribution in [0.1, 0.15) is 41.8 Å². The number of benzene rings is 1. The van der Waals surface area contributed by atoms with Crippen LogP contribution in [0.4, 0.5) is 0 Å². The summed E-state index contributed by atoms with van der Waals surface area (Å²) in [5.74, 6) is 0.719. The van der Waals surface area contributed by atoms with Gasteiger partial charge in [-0.05, 0) is 24.8 Å². The van der Waals surface area contributed by atoms with E-state index in [9.17, 15) is 13.2 Å². The molecule has 1 aromatic carbocycles. The fourth-order valence-corrected chi connectivity index (χ4v) is 6.30. The molecule has 2 atom stereocenters. The third-order valence-electron chi connectivity index (χ3n) is 5.14. The Kier molecular flexibility index (Phi) is 5.78. The summed E-state index contributed by atoms with van der Waals surface area (Å²) in [7, 11) is -3.03. The molecule has 29 heavy (non-hydrogen) atoms. The molecule has 154 valence electrons. The van der Waals surface area contributed by atoms with E-state index < -0.39 is 15.1 Å². The second kappa shape index (κ2) is 8.31. The number of rotatable bonds is 8. The van der Waals surface area contributed by atoms with E-state index in [-0.39, 0.29) is 29.4 Å². The number of carbonyl (C=O) groups is 1. The summed E-state index contributed by atoms with van der Waals surface area (Å²) in [6.07, 6.45) is 4.32. The van der Waals surface area contributed by atoms with Crippen LogP contribution in [0.5, 0.6) is 0 Å². The maximum Gasteiger partial charge on any atom is 0.238 e. The molecule has 1 saturated carbocycles. The molecule has 9 heteroatoms. The Balaban J connectivity index is 1.63. The Bertz CT molecular complexity index is 1000. The maximum atomic E-state index is 12.9. The van der Waals surface area contributed by atoms with Gasteiger partial charge in [0.25, 0.3) is 0 Å². The topological polar surface area (TPSA) is 93.9 Å². The maximum absolute atomic E-state index is 12.9. The number of sulfone groups is 1. The lowest BCUT2D eigenvalue weighted by Gasteiger charge is -2.17. The molecule has 0 unspecified atom stereocenters. The predicted octanol–water partition coefficient (Wildman–Crippen LogP) is 2.48. The van der Waals surface area contributed by atoms with Gasteiger partial charge in [-0.15, -0.1) is 16.8 Å². The van der Waals surface area contributed by atoms with Gasteiger partial charge < -0.3 is 9.88 Å².